The van der Waals surface area contributed by atoms with E-state index < -0.39 is 11.2 Å². The van der Waals surface area contributed by atoms with Crippen LogP contribution in [0.5, 0.6) is 23.0 Å². The molecule has 3 heterocycles. The summed E-state index contributed by atoms with van der Waals surface area (Å²) in [6.07, 6.45) is 2.50. The number of carbonyl (C=O) groups excluding carboxylic acids is 2. The predicted octanol–water partition coefficient (Wildman–Crippen LogP) is 5.41. The van der Waals surface area contributed by atoms with Crippen molar-refractivity contribution in [2.45, 2.75) is 31.7 Å². The van der Waals surface area contributed by atoms with Gasteiger partial charge in [-0.15, -0.1) is 0 Å². The van der Waals surface area contributed by atoms with Gasteiger partial charge in [0.2, 0.25) is 0 Å². The van der Waals surface area contributed by atoms with Crippen molar-refractivity contribution in [1.29, 1.82) is 0 Å². The first-order valence-corrected chi connectivity index (χ1v) is 16.7. The molecule has 11 heteroatoms. The van der Waals surface area contributed by atoms with Crippen LogP contribution in [0.1, 0.15) is 24.0 Å². The van der Waals surface area contributed by atoms with Crippen LogP contribution in [0.15, 0.2) is 66.9 Å². The maximum atomic E-state index is 15.3. The second kappa shape index (κ2) is 14.2. The van der Waals surface area contributed by atoms with E-state index in [1.165, 1.54) is 24.3 Å². The number of rotatable bonds is 14. The number of carbonyl (C=O) groups is 2. The van der Waals surface area contributed by atoms with Crippen LogP contribution in [0, 0.1) is 17.0 Å². The van der Waals surface area contributed by atoms with Crippen molar-refractivity contribution in [3.05, 3.63) is 89.6 Å². The Bertz CT molecular complexity index is 1840. The molecular formula is C38H39F2N3O6. The molecule has 7 rings (SSSR count). The van der Waals surface area contributed by atoms with E-state index in [1.807, 2.05) is 0 Å². The third kappa shape index (κ3) is 7.29. The zero-order valence-electron chi connectivity index (χ0n) is 27.5. The highest BCUT2D eigenvalue weighted by Gasteiger charge is 2.54. The summed E-state index contributed by atoms with van der Waals surface area (Å²) in [5.74, 6) is 0.00713. The Hall–Kier alpha value is -4.45. The van der Waals surface area contributed by atoms with E-state index in [0.29, 0.717) is 64.8 Å². The van der Waals surface area contributed by atoms with Gasteiger partial charge in [-0.05, 0) is 60.4 Å². The maximum absolute atomic E-state index is 15.3. The predicted molar refractivity (Wildman–Crippen MR) is 178 cm³/mol. The number of halogens is 2. The van der Waals surface area contributed by atoms with Gasteiger partial charge in [0, 0.05) is 69.3 Å². The van der Waals surface area contributed by atoms with E-state index in [2.05, 4.69) is 14.8 Å². The lowest BCUT2D eigenvalue weighted by Crippen LogP contribution is -2.61. The number of Topliss-reactive ketones (excluding diaryl/α,β-unsaturated/α-hetero) is 2. The van der Waals surface area contributed by atoms with E-state index in [1.54, 1.807) is 49.7 Å². The van der Waals surface area contributed by atoms with Gasteiger partial charge in [-0.3, -0.25) is 24.4 Å². The quantitative estimate of drug-likeness (QED) is 0.163. The maximum Gasteiger partial charge on any atom is 0.166 e. The summed E-state index contributed by atoms with van der Waals surface area (Å²) in [6, 6.07) is 15.9. The lowest BCUT2D eigenvalue weighted by molar-refractivity contribution is -0.133. The minimum absolute atomic E-state index is 0.0126. The second-order valence-corrected chi connectivity index (χ2v) is 13.0. The summed E-state index contributed by atoms with van der Waals surface area (Å²) in [5, 5.41) is 0.622. The highest BCUT2D eigenvalue weighted by atomic mass is 19.1. The van der Waals surface area contributed by atoms with Crippen LogP contribution >= 0.6 is 0 Å². The number of aromatic nitrogens is 1. The molecule has 3 fully saturated rings. The monoisotopic (exact) mass is 671 g/mol. The molecule has 9 nitrogen and oxygen atoms in total. The van der Waals surface area contributed by atoms with Gasteiger partial charge < -0.3 is 18.9 Å². The fourth-order valence-corrected chi connectivity index (χ4v) is 6.68. The van der Waals surface area contributed by atoms with Crippen LogP contribution in [0.2, 0.25) is 0 Å². The van der Waals surface area contributed by atoms with Gasteiger partial charge in [0.05, 0.1) is 31.3 Å². The first kappa shape index (κ1) is 33.1. The average Bonchev–Trinajstić information content (AvgIpc) is 3.91. The zero-order chi connectivity index (χ0) is 34.0. The third-order valence-corrected chi connectivity index (χ3v) is 9.83. The molecule has 49 heavy (non-hydrogen) atoms. The number of benzene rings is 3. The highest BCUT2D eigenvalue weighted by molar-refractivity contribution is 6.11. The molecule has 3 aliphatic rings. The zero-order valence-corrected chi connectivity index (χ0v) is 27.5. The minimum atomic E-state index is -1.06. The molecule has 0 N–H and O–H groups in total. The molecule has 0 bridgehead atoms. The number of nitrogens with zero attached hydrogens (tertiary/aromatic N) is 3. The molecule has 0 spiro atoms. The van der Waals surface area contributed by atoms with Gasteiger partial charge in [-0.2, -0.15) is 0 Å². The molecule has 1 aliphatic carbocycles. The molecule has 0 radical (unpaired) electrons. The van der Waals surface area contributed by atoms with Gasteiger partial charge in [0.25, 0.3) is 0 Å². The van der Waals surface area contributed by atoms with Crippen molar-refractivity contribution in [3.63, 3.8) is 0 Å². The fraction of sp³-hybridized carbons (Fsp3) is 0.395. The van der Waals surface area contributed by atoms with Crippen LogP contribution in [-0.2, 0) is 27.2 Å². The number of ketones is 2. The van der Waals surface area contributed by atoms with Gasteiger partial charge in [-0.25, -0.2) is 8.78 Å². The van der Waals surface area contributed by atoms with Gasteiger partial charge >= 0.3 is 0 Å². The Morgan fingerprint density at radius 1 is 0.878 bits per heavy atom. The lowest BCUT2D eigenvalue weighted by Gasteiger charge is -2.46. The average molecular weight is 672 g/mol. The summed E-state index contributed by atoms with van der Waals surface area (Å²) in [7, 11) is 1.56. The number of hydrogen-bond acceptors (Lipinski definition) is 9. The van der Waals surface area contributed by atoms with Crippen molar-refractivity contribution in [3.8, 4) is 23.0 Å². The summed E-state index contributed by atoms with van der Waals surface area (Å²) in [6.45, 7) is 6.93. The van der Waals surface area contributed by atoms with E-state index in [4.69, 9.17) is 18.9 Å². The molecule has 0 amide bonds. The first-order valence-electron chi connectivity index (χ1n) is 16.7. The van der Waals surface area contributed by atoms with Crippen molar-refractivity contribution < 1.29 is 37.3 Å². The molecule has 1 saturated carbocycles. The van der Waals surface area contributed by atoms with Gasteiger partial charge in [0.1, 0.15) is 18.2 Å². The number of ether oxygens (including phenoxy) is 4. The van der Waals surface area contributed by atoms with Gasteiger partial charge in [-0.1, -0.05) is 18.2 Å². The topological polar surface area (TPSA) is 90.4 Å². The van der Waals surface area contributed by atoms with E-state index in [0.717, 1.165) is 45.9 Å². The van der Waals surface area contributed by atoms with E-state index in [9.17, 15) is 14.0 Å². The summed E-state index contributed by atoms with van der Waals surface area (Å²) in [4.78, 5) is 35.6. The van der Waals surface area contributed by atoms with Crippen LogP contribution < -0.4 is 14.2 Å². The summed E-state index contributed by atoms with van der Waals surface area (Å²) >= 11 is 0. The summed E-state index contributed by atoms with van der Waals surface area (Å²) in [5.41, 5.74) is 0.655. The molecular weight excluding hydrogens is 632 g/mol. The van der Waals surface area contributed by atoms with Crippen LogP contribution in [-0.4, -0.2) is 92.0 Å². The molecule has 3 aromatic carbocycles. The molecule has 2 saturated heterocycles. The molecule has 4 aromatic rings. The molecule has 256 valence electrons. The lowest BCUT2D eigenvalue weighted by atomic mass is 9.88. The largest absolute Gasteiger partial charge is 0.493 e. The Kier molecular flexibility index (Phi) is 9.57. The van der Waals surface area contributed by atoms with Crippen molar-refractivity contribution in [1.82, 2.24) is 14.8 Å². The Morgan fingerprint density at radius 3 is 2.29 bits per heavy atom. The normalized spacial score (nSPS) is 17.8. The Morgan fingerprint density at radius 2 is 1.59 bits per heavy atom. The number of likely N-dealkylation sites (tertiary alicyclic amines) is 1. The van der Waals surface area contributed by atoms with Crippen molar-refractivity contribution >= 4 is 22.5 Å². The second-order valence-electron chi connectivity index (χ2n) is 13.0. The Labute approximate surface area is 283 Å². The van der Waals surface area contributed by atoms with Gasteiger partial charge in [0.15, 0.2) is 34.6 Å². The molecule has 0 atom stereocenters. The standard InChI is InChI=1S/C38H39F2N3O6/c1-46-34-21-29-31(22-35(34)48-17-12-42-23-28(24-42)43-13-15-47-16-14-43)41-11-8-32(29)49-33-7-4-26(18-30(33)40)20-37(45)38(9-10-38)36(44)19-25-2-5-27(39)6-3-25/h2-8,11,18,21-22,28H,9-10,12-17,19-20,23-24H2,1H3. The number of fused-ring (bicyclic) bond motifs is 1. The van der Waals surface area contributed by atoms with Crippen LogP contribution in [0.3, 0.4) is 0 Å². The Balaban J connectivity index is 0.968. The van der Waals surface area contributed by atoms with E-state index >= 15 is 4.39 Å². The van der Waals surface area contributed by atoms with E-state index in [-0.39, 0.29) is 36.0 Å². The number of morpholine rings is 1. The number of methoxy groups -OCH3 is 1. The van der Waals surface area contributed by atoms with Crippen LogP contribution in [0.4, 0.5) is 8.78 Å². The van der Waals surface area contributed by atoms with Crippen LogP contribution in [0.25, 0.3) is 10.9 Å². The molecule has 2 aliphatic heterocycles. The van der Waals surface area contributed by atoms with Crippen molar-refractivity contribution in [2.75, 3.05) is 59.7 Å². The third-order valence-electron chi connectivity index (χ3n) is 9.83. The fourth-order valence-electron chi connectivity index (χ4n) is 6.68. The minimum Gasteiger partial charge on any atom is -0.493 e. The first-order chi connectivity index (χ1) is 23.8. The number of hydrogen-bond donors (Lipinski definition) is 0. The number of pyridine rings is 1. The summed E-state index contributed by atoms with van der Waals surface area (Å²) < 4.78 is 51.8. The highest BCUT2D eigenvalue weighted by Crippen LogP contribution is 2.49. The molecule has 1 aromatic heterocycles. The SMILES string of the molecule is COc1cc2c(Oc3ccc(CC(=O)C4(C(=O)Cc5ccc(F)cc5)CC4)cc3F)ccnc2cc1OCCN1CC(N2CCOCC2)C1. The molecule has 0 unspecified atom stereocenters. The smallest absolute Gasteiger partial charge is 0.166 e. The van der Waals surface area contributed by atoms with Crippen molar-refractivity contribution in [2.24, 2.45) is 5.41 Å².